The molecule has 2 aromatic carbocycles. The zero-order valence-electron chi connectivity index (χ0n) is 15.9. The molecule has 0 bridgehead atoms. The van der Waals surface area contributed by atoms with Crippen molar-refractivity contribution in [3.05, 3.63) is 54.4 Å². The topological polar surface area (TPSA) is 58.1 Å². The molecule has 1 aromatic heterocycles. The molecule has 0 spiro atoms. The summed E-state index contributed by atoms with van der Waals surface area (Å²) in [5.74, 6) is -0.362. The number of para-hydroxylation sites is 1. The highest BCUT2D eigenvalue weighted by molar-refractivity contribution is 8.00. The number of nitrogens with one attached hydrogen (secondary N) is 1. The predicted molar refractivity (Wildman–Crippen MR) is 112 cm³/mol. The fourth-order valence-corrected chi connectivity index (χ4v) is 4.25. The van der Waals surface area contributed by atoms with Crippen LogP contribution in [0.2, 0.25) is 0 Å². The van der Waals surface area contributed by atoms with Crippen LogP contribution in [0.3, 0.4) is 0 Å². The van der Waals surface area contributed by atoms with Crippen LogP contribution in [-0.4, -0.2) is 34.7 Å². The summed E-state index contributed by atoms with van der Waals surface area (Å²) in [6, 6.07) is 11.0. The molecule has 1 amide bonds. The lowest BCUT2D eigenvalue weighted by Crippen LogP contribution is -2.22. The van der Waals surface area contributed by atoms with Crippen molar-refractivity contribution in [3.63, 3.8) is 0 Å². The standard InChI is InChI=1S/C21H19F3N4OS/c22-21(23,24)14-7-8-18(28-9-3-4-10-28)17(11-14)27-19(29)12-30-20-15-5-1-2-6-16(15)25-13-26-20/h1-2,5-8,11,13H,3-4,9-10,12H2,(H,27,29). The number of carbonyl (C=O) groups excluding carboxylic acids is 1. The van der Waals surface area contributed by atoms with Gasteiger partial charge in [-0.05, 0) is 37.1 Å². The molecule has 0 atom stereocenters. The molecule has 30 heavy (non-hydrogen) atoms. The molecule has 1 saturated heterocycles. The van der Waals surface area contributed by atoms with E-state index in [0.29, 0.717) is 10.7 Å². The molecule has 0 unspecified atom stereocenters. The largest absolute Gasteiger partial charge is 0.416 e. The third-order valence-corrected chi connectivity index (χ3v) is 5.90. The summed E-state index contributed by atoms with van der Waals surface area (Å²) in [5, 5.41) is 4.15. The highest BCUT2D eigenvalue weighted by Crippen LogP contribution is 2.36. The zero-order valence-corrected chi connectivity index (χ0v) is 16.8. The summed E-state index contributed by atoms with van der Waals surface area (Å²) >= 11 is 1.23. The van der Waals surface area contributed by atoms with E-state index in [1.54, 1.807) is 0 Å². The minimum absolute atomic E-state index is 0.0245. The summed E-state index contributed by atoms with van der Waals surface area (Å²) in [6.07, 6.45) is -1.09. The van der Waals surface area contributed by atoms with Gasteiger partial charge >= 0.3 is 6.18 Å². The van der Waals surface area contributed by atoms with Crippen molar-refractivity contribution in [3.8, 4) is 0 Å². The number of rotatable bonds is 5. The quantitative estimate of drug-likeness (QED) is 0.455. The van der Waals surface area contributed by atoms with Crippen LogP contribution in [0.1, 0.15) is 18.4 Å². The fourth-order valence-electron chi connectivity index (χ4n) is 3.46. The predicted octanol–water partition coefficient (Wildman–Crippen LogP) is 4.98. The molecular weight excluding hydrogens is 413 g/mol. The normalized spacial score (nSPS) is 14.3. The number of fused-ring (bicyclic) bond motifs is 1. The van der Waals surface area contributed by atoms with Gasteiger partial charge in [0.25, 0.3) is 0 Å². The number of nitrogens with zero attached hydrogens (tertiary/aromatic N) is 3. The third kappa shape index (κ3) is 4.51. The van der Waals surface area contributed by atoms with Crippen molar-refractivity contribution in [1.29, 1.82) is 0 Å². The van der Waals surface area contributed by atoms with Crippen LogP contribution in [0.4, 0.5) is 24.5 Å². The molecule has 1 aliphatic rings. The van der Waals surface area contributed by atoms with Crippen molar-refractivity contribution in [2.45, 2.75) is 24.0 Å². The van der Waals surface area contributed by atoms with Crippen LogP contribution in [-0.2, 0) is 11.0 Å². The summed E-state index contributed by atoms with van der Waals surface area (Å²) in [6.45, 7) is 1.52. The van der Waals surface area contributed by atoms with E-state index in [1.807, 2.05) is 29.2 Å². The number of amides is 1. The van der Waals surface area contributed by atoms with Crippen LogP contribution >= 0.6 is 11.8 Å². The van der Waals surface area contributed by atoms with Gasteiger partial charge in [-0.3, -0.25) is 4.79 Å². The fraction of sp³-hybridized carbons (Fsp3) is 0.286. The Morgan fingerprint density at radius 2 is 1.87 bits per heavy atom. The van der Waals surface area contributed by atoms with Crippen LogP contribution in [0.15, 0.2) is 53.8 Å². The maximum Gasteiger partial charge on any atom is 0.416 e. The first-order valence-electron chi connectivity index (χ1n) is 9.50. The van der Waals surface area contributed by atoms with Crippen molar-refractivity contribution < 1.29 is 18.0 Å². The van der Waals surface area contributed by atoms with E-state index in [9.17, 15) is 18.0 Å². The molecule has 5 nitrogen and oxygen atoms in total. The van der Waals surface area contributed by atoms with E-state index in [0.717, 1.165) is 49.0 Å². The van der Waals surface area contributed by atoms with Gasteiger partial charge in [-0.2, -0.15) is 13.2 Å². The Bertz CT molecular complexity index is 1060. The Morgan fingerprint density at radius 1 is 1.10 bits per heavy atom. The van der Waals surface area contributed by atoms with E-state index in [4.69, 9.17) is 0 Å². The number of benzene rings is 2. The highest BCUT2D eigenvalue weighted by atomic mass is 32.2. The number of halogens is 3. The molecule has 0 radical (unpaired) electrons. The van der Waals surface area contributed by atoms with Gasteiger partial charge in [0.1, 0.15) is 11.4 Å². The summed E-state index contributed by atoms with van der Waals surface area (Å²) < 4.78 is 39.6. The number of anilines is 2. The first-order chi connectivity index (χ1) is 14.4. The maximum absolute atomic E-state index is 13.2. The van der Waals surface area contributed by atoms with Crippen molar-refractivity contribution >= 4 is 39.9 Å². The number of hydrogen-bond donors (Lipinski definition) is 1. The van der Waals surface area contributed by atoms with E-state index in [2.05, 4.69) is 15.3 Å². The van der Waals surface area contributed by atoms with E-state index in [-0.39, 0.29) is 17.3 Å². The molecule has 3 aromatic rings. The molecule has 2 heterocycles. The van der Waals surface area contributed by atoms with Gasteiger partial charge in [0.05, 0.1) is 28.2 Å². The monoisotopic (exact) mass is 432 g/mol. The average Bonchev–Trinajstić information content (AvgIpc) is 3.26. The van der Waals surface area contributed by atoms with Gasteiger partial charge in [0.15, 0.2) is 0 Å². The summed E-state index contributed by atoms with van der Waals surface area (Å²) in [4.78, 5) is 23.0. The molecule has 1 fully saturated rings. The van der Waals surface area contributed by atoms with Gasteiger partial charge in [-0.1, -0.05) is 30.0 Å². The van der Waals surface area contributed by atoms with Crippen LogP contribution in [0.25, 0.3) is 10.9 Å². The van der Waals surface area contributed by atoms with Gasteiger partial charge in [-0.25, -0.2) is 9.97 Å². The molecule has 0 saturated carbocycles. The Morgan fingerprint density at radius 3 is 2.63 bits per heavy atom. The Kier molecular flexibility index (Phi) is 5.80. The second-order valence-corrected chi connectivity index (χ2v) is 7.92. The lowest BCUT2D eigenvalue weighted by Gasteiger charge is -2.23. The van der Waals surface area contributed by atoms with Crippen LogP contribution < -0.4 is 10.2 Å². The first-order valence-corrected chi connectivity index (χ1v) is 10.5. The number of thioether (sulfide) groups is 1. The van der Waals surface area contributed by atoms with Crippen molar-refractivity contribution in [2.24, 2.45) is 0 Å². The molecule has 0 aliphatic carbocycles. The molecule has 1 aliphatic heterocycles. The maximum atomic E-state index is 13.2. The summed E-state index contributed by atoms with van der Waals surface area (Å²) in [5.41, 5.74) is 0.788. The third-order valence-electron chi connectivity index (χ3n) is 4.89. The zero-order chi connectivity index (χ0) is 21.1. The van der Waals surface area contributed by atoms with Gasteiger partial charge < -0.3 is 10.2 Å². The van der Waals surface area contributed by atoms with E-state index >= 15 is 0 Å². The molecular formula is C21H19F3N4OS. The Balaban J connectivity index is 1.52. The lowest BCUT2D eigenvalue weighted by molar-refractivity contribution is -0.137. The van der Waals surface area contributed by atoms with Gasteiger partial charge in [0, 0.05) is 18.5 Å². The Labute approximate surface area is 175 Å². The number of carbonyl (C=O) groups is 1. The van der Waals surface area contributed by atoms with E-state index < -0.39 is 11.7 Å². The minimum atomic E-state index is -4.47. The molecule has 156 valence electrons. The lowest BCUT2D eigenvalue weighted by atomic mass is 10.1. The van der Waals surface area contributed by atoms with E-state index in [1.165, 1.54) is 24.2 Å². The highest BCUT2D eigenvalue weighted by Gasteiger charge is 2.32. The second kappa shape index (κ2) is 8.51. The second-order valence-electron chi connectivity index (χ2n) is 6.96. The van der Waals surface area contributed by atoms with Crippen molar-refractivity contribution in [1.82, 2.24) is 9.97 Å². The number of aromatic nitrogens is 2. The average molecular weight is 432 g/mol. The first kappa shape index (κ1) is 20.5. The smallest absolute Gasteiger partial charge is 0.370 e. The van der Waals surface area contributed by atoms with Crippen molar-refractivity contribution in [2.75, 3.05) is 29.1 Å². The SMILES string of the molecule is O=C(CSc1ncnc2ccccc12)Nc1cc(C(F)(F)F)ccc1N1CCCC1. The van der Waals surface area contributed by atoms with Gasteiger partial charge in [0.2, 0.25) is 5.91 Å². The van der Waals surface area contributed by atoms with Gasteiger partial charge in [-0.15, -0.1) is 0 Å². The van der Waals surface area contributed by atoms with Crippen LogP contribution in [0, 0.1) is 0 Å². The number of hydrogen-bond acceptors (Lipinski definition) is 5. The molecule has 4 rings (SSSR count). The Hall–Kier alpha value is -2.81. The molecule has 9 heteroatoms. The minimum Gasteiger partial charge on any atom is -0.370 e. The molecule has 1 N–H and O–H groups in total. The summed E-state index contributed by atoms with van der Waals surface area (Å²) in [7, 11) is 0. The number of alkyl halides is 3. The van der Waals surface area contributed by atoms with Crippen LogP contribution in [0.5, 0.6) is 0 Å².